The molecular weight excluding hydrogens is 464 g/mol. The van der Waals surface area contributed by atoms with Crippen LogP contribution in [-0.4, -0.2) is 53.3 Å². The van der Waals surface area contributed by atoms with Crippen LogP contribution in [0.4, 0.5) is 10.2 Å². The third-order valence-electron chi connectivity index (χ3n) is 6.02. The highest BCUT2D eigenvalue weighted by molar-refractivity contribution is 7.27. The summed E-state index contributed by atoms with van der Waals surface area (Å²) in [5, 5.41) is 16.0. The lowest BCUT2D eigenvalue weighted by atomic mass is 9.95. The zero-order valence-corrected chi connectivity index (χ0v) is 20.0. The first-order chi connectivity index (χ1) is 17.0. The molecule has 1 saturated heterocycles. The molecule has 1 fully saturated rings. The maximum absolute atomic E-state index is 16.3. The molecule has 1 aliphatic rings. The number of ether oxygens (including phenoxy) is 1. The van der Waals surface area contributed by atoms with Crippen molar-refractivity contribution < 1.29 is 14.2 Å². The largest absolute Gasteiger partial charge is 0.508 e. The number of fused-ring (bicyclic) bond motifs is 2. The zero-order valence-electron chi connectivity index (χ0n) is 18.9. The van der Waals surface area contributed by atoms with Crippen LogP contribution in [0, 0.1) is 30.5 Å². The van der Waals surface area contributed by atoms with Crippen LogP contribution < -0.4 is 20.3 Å². The summed E-state index contributed by atoms with van der Waals surface area (Å²) in [6.07, 6.45) is 11.7. The number of halogens is 1. The quantitative estimate of drug-likeness (QED) is 0.341. The number of benzene rings is 2. The molecule has 1 unspecified atom stereocenters. The van der Waals surface area contributed by atoms with E-state index >= 15 is 4.39 Å². The Morgan fingerprint density at radius 2 is 1.89 bits per heavy atom. The minimum Gasteiger partial charge on any atom is -0.508 e. The summed E-state index contributed by atoms with van der Waals surface area (Å²) in [4.78, 5) is 15.3. The Bertz CT molecular complexity index is 1590. The molecule has 0 spiro atoms. The predicted octanol–water partition coefficient (Wildman–Crippen LogP) is 2.57. The van der Waals surface area contributed by atoms with Crippen LogP contribution in [0.25, 0.3) is 32.9 Å². The van der Waals surface area contributed by atoms with E-state index in [1.165, 1.54) is 13.2 Å². The molecule has 9 heteroatoms. The van der Waals surface area contributed by atoms with E-state index < -0.39 is 5.82 Å². The topological polar surface area (TPSA) is 83.4 Å². The van der Waals surface area contributed by atoms with Crippen LogP contribution in [0.5, 0.6) is 11.8 Å². The van der Waals surface area contributed by atoms with E-state index in [1.807, 2.05) is 11.0 Å². The molecule has 0 radical (unpaired) electrons. The third-order valence-corrected chi connectivity index (χ3v) is 6.50. The molecule has 5 rings (SSSR count). The fraction of sp³-hybridized carbons (Fsp3) is 0.192. The lowest BCUT2D eigenvalue weighted by Crippen LogP contribution is -2.44. The molecule has 3 heterocycles. The Hall–Kier alpha value is -3.97. The number of nitrogens with zero attached hydrogens (tertiary/aromatic N) is 4. The maximum atomic E-state index is 16.3. The van der Waals surface area contributed by atoms with Gasteiger partial charge in [-0.15, -0.1) is 22.1 Å². The van der Waals surface area contributed by atoms with Crippen molar-refractivity contribution in [2.24, 2.45) is 0 Å². The summed E-state index contributed by atoms with van der Waals surface area (Å²) in [5.74, 6) is 4.95. The highest BCUT2D eigenvalue weighted by atomic mass is 31.0. The molecule has 2 aromatic carbocycles. The number of piperazine rings is 1. The summed E-state index contributed by atoms with van der Waals surface area (Å²) < 4.78 is 21.6. The number of methoxy groups -OCH3 is 1. The van der Waals surface area contributed by atoms with Gasteiger partial charge in [0.05, 0.1) is 12.5 Å². The van der Waals surface area contributed by atoms with Crippen LogP contribution in [0.2, 0.25) is 0 Å². The standard InChI is InChI=1S/C26H21FN5O2P/c1-4-16-19(35)7-6-14-12-15(33)13-17(20(14)16)23-22(27)24-21(18(5-2)29-23)25(31-26(30-24)34-3)32-10-8-28-9-11-32/h1-2,6-7,12-13,28,33H,8-11,35H2,3H3. The van der Waals surface area contributed by atoms with Gasteiger partial charge < -0.3 is 20.1 Å². The van der Waals surface area contributed by atoms with Crippen LogP contribution >= 0.6 is 9.24 Å². The van der Waals surface area contributed by atoms with E-state index in [-0.39, 0.29) is 28.7 Å². The van der Waals surface area contributed by atoms with E-state index in [1.54, 1.807) is 12.1 Å². The monoisotopic (exact) mass is 485 g/mol. The Morgan fingerprint density at radius 1 is 1.11 bits per heavy atom. The third kappa shape index (κ3) is 3.78. The molecule has 1 atom stereocenters. The van der Waals surface area contributed by atoms with Crippen molar-refractivity contribution in [3.05, 3.63) is 41.3 Å². The molecule has 0 saturated carbocycles. The second-order valence-corrected chi connectivity index (χ2v) is 8.65. The molecule has 0 amide bonds. The lowest BCUT2D eigenvalue weighted by molar-refractivity contribution is 0.381. The molecule has 0 bridgehead atoms. The first-order valence-electron chi connectivity index (χ1n) is 10.9. The van der Waals surface area contributed by atoms with Crippen LogP contribution in [0.1, 0.15) is 11.3 Å². The Labute approximate surface area is 204 Å². The van der Waals surface area contributed by atoms with Gasteiger partial charge in [-0.2, -0.15) is 9.97 Å². The van der Waals surface area contributed by atoms with Crippen molar-refractivity contribution in [2.75, 3.05) is 38.2 Å². The molecule has 174 valence electrons. The highest BCUT2D eigenvalue weighted by Gasteiger charge is 2.26. The maximum Gasteiger partial charge on any atom is 0.318 e. The number of phenolic OH excluding ortho intramolecular Hbond substituents is 1. The van der Waals surface area contributed by atoms with Crippen molar-refractivity contribution in [1.82, 2.24) is 20.3 Å². The van der Waals surface area contributed by atoms with Gasteiger partial charge in [-0.1, -0.05) is 18.1 Å². The summed E-state index contributed by atoms with van der Waals surface area (Å²) >= 11 is 0. The number of anilines is 1. The number of nitrogens with one attached hydrogen (secondary N) is 1. The average molecular weight is 485 g/mol. The molecule has 7 nitrogen and oxygen atoms in total. The van der Waals surface area contributed by atoms with Gasteiger partial charge in [0.2, 0.25) is 0 Å². The molecule has 35 heavy (non-hydrogen) atoms. The summed E-state index contributed by atoms with van der Waals surface area (Å²) in [6, 6.07) is 6.64. The molecular formula is C26H21FN5O2P. The normalized spacial score (nSPS) is 13.6. The highest BCUT2D eigenvalue weighted by Crippen LogP contribution is 2.39. The molecule has 1 aliphatic heterocycles. The minimum absolute atomic E-state index is 0.0101. The number of phenols is 1. The van der Waals surface area contributed by atoms with E-state index in [0.29, 0.717) is 46.2 Å². The van der Waals surface area contributed by atoms with Gasteiger partial charge in [-0.25, -0.2) is 9.37 Å². The van der Waals surface area contributed by atoms with Crippen molar-refractivity contribution in [1.29, 1.82) is 0 Å². The number of hydrogen-bond donors (Lipinski definition) is 2. The number of pyridine rings is 1. The fourth-order valence-corrected chi connectivity index (χ4v) is 4.75. The van der Waals surface area contributed by atoms with Crippen molar-refractivity contribution in [2.45, 2.75) is 0 Å². The molecule has 4 aromatic rings. The van der Waals surface area contributed by atoms with E-state index in [9.17, 15) is 5.11 Å². The number of rotatable bonds is 3. The summed E-state index contributed by atoms with van der Waals surface area (Å²) in [6.45, 7) is 2.80. The van der Waals surface area contributed by atoms with E-state index in [4.69, 9.17) is 17.6 Å². The second kappa shape index (κ2) is 9.00. The molecule has 2 N–H and O–H groups in total. The number of aromatic nitrogens is 3. The Kier molecular flexibility index (Phi) is 5.86. The first kappa shape index (κ1) is 22.8. The second-order valence-electron chi connectivity index (χ2n) is 8.03. The van der Waals surface area contributed by atoms with Gasteiger partial charge in [0.25, 0.3) is 0 Å². The number of hydrogen-bond acceptors (Lipinski definition) is 7. The van der Waals surface area contributed by atoms with Gasteiger partial charge in [-0.3, -0.25) is 0 Å². The van der Waals surface area contributed by atoms with E-state index in [2.05, 4.69) is 41.3 Å². The molecule has 0 aliphatic carbocycles. The molecule has 2 aromatic heterocycles. The van der Waals surface area contributed by atoms with Gasteiger partial charge in [0.1, 0.15) is 28.5 Å². The van der Waals surface area contributed by atoms with Crippen LogP contribution in [0.3, 0.4) is 0 Å². The van der Waals surface area contributed by atoms with E-state index in [0.717, 1.165) is 18.4 Å². The van der Waals surface area contributed by atoms with Crippen LogP contribution in [0.15, 0.2) is 24.3 Å². The van der Waals surface area contributed by atoms with Crippen molar-refractivity contribution in [3.63, 3.8) is 0 Å². The summed E-state index contributed by atoms with van der Waals surface area (Å²) in [7, 11) is 4.00. The summed E-state index contributed by atoms with van der Waals surface area (Å²) in [5.41, 5.74) is 0.977. The van der Waals surface area contributed by atoms with Crippen molar-refractivity contribution >= 4 is 42.0 Å². The predicted molar refractivity (Wildman–Crippen MR) is 139 cm³/mol. The van der Waals surface area contributed by atoms with Gasteiger partial charge in [-0.05, 0) is 28.7 Å². The van der Waals surface area contributed by atoms with Crippen molar-refractivity contribution in [3.8, 4) is 47.7 Å². The van der Waals surface area contributed by atoms with Gasteiger partial charge in [0, 0.05) is 42.7 Å². The number of terminal acetylenes is 2. The number of aromatic hydroxyl groups is 1. The van der Waals surface area contributed by atoms with Gasteiger partial charge in [0.15, 0.2) is 5.82 Å². The average Bonchev–Trinajstić information content (AvgIpc) is 2.88. The zero-order chi connectivity index (χ0) is 24.7. The smallest absolute Gasteiger partial charge is 0.318 e. The Balaban J connectivity index is 1.89. The van der Waals surface area contributed by atoms with Crippen LogP contribution in [-0.2, 0) is 0 Å². The first-order valence-corrected chi connectivity index (χ1v) is 11.4. The minimum atomic E-state index is -0.708. The Morgan fingerprint density at radius 3 is 2.57 bits per heavy atom. The fourth-order valence-electron chi connectivity index (χ4n) is 4.42. The lowest BCUT2D eigenvalue weighted by Gasteiger charge is -2.29. The SMILES string of the molecule is C#Cc1c(P)ccc2cc(O)cc(-c3nc(C#C)c4c(N5CCNCC5)nc(OC)nc4c3F)c12. The van der Waals surface area contributed by atoms with Gasteiger partial charge >= 0.3 is 6.01 Å².